The summed E-state index contributed by atoms with van der Waals surface area (Å²) in [6.45, 7) is 4.32. The number of carbonyl (C=O) groups excluding carboxylic acids is 4. The summed E-state index contributed by atoms with van der Waals surface area (Å²) in [5, 5.41) is 29.9. The monoisotopic (exact) mass is 519 g/mol. The SMILES string of the molecule is CC(C)CC(NC(=O)C(Cc1ccc(O)cc1)NC(=O)C(CCC(N)=O)NC(=O)C1CCCN1)C(=O)O. The molecule has 0 radical (unpaired) electrons. The van der Waals surface area contributed by atoms with Crippen molar-refractivity contribution >= 4 is 29.6 Å². The molecule has 12 nitrogen and oxygen atoms in total. The number of hydrogen-bond donors (Lipinski definition) is 7. The molecule has 1 aliphatic heterocycles. The van der Waals surface area contributed by atoms with E-state index in [4.69, 9.17) is 5.73 Å². The van der Waals surface area contributed by atoms with Crippen molar-refractivity contribution in [2.24, 2.45) is 11.7 Å². The van der Waals surface area contributed by atoms with E-state index in [1.54, 1.807) is 12.1 Å². The zero-order valence-corrected chi connectivity index (χ0v) is 21.2. The van der Waals surface area contributed by atoms with Crippen LogP contribution in [0.3, 0.4) is 0 Å². The maximum absolute atomic E-state index is 13.2. The molecule has 1 aliphatic rings. The number of phenols is 1. The molecular weight excluding hydrogens is 482 g/mol. The van der Waals surface area contributed by atoms with Gasteiger partial charge in [-0.25, -0.2) is 4.79 Å². The number of aliphatic carboxylic acids is 1. The Balaban J connectivity index is 2.23. The first-order valence-electron chi connectivity index (χ1n) is 12.4. The highest BCUT2D eigenvalue weighted by Gasteiger charge is 2.32. The number of primary amides is 1. The Morgan fingerprint density at radius 2 is 1.62 bits per heavy atom. The number of carboxylic acids is 1. The number of phenolic OH excluding ortho intramolecular Hbond substituents is 1. The fourth-order valence-corrected chi connectivity index (χ4v) is 4.05. The van der Waals surface area contributed by atoms with Gasteiger partial charge in [0.2, 0.25) is 23.6 Å². The Bertz CT molecular complexity index is 961. The van der Waals surface area contributed by atoms with Crippen LogP contribution in [0.1, 0.15) is 51.5 Å². The third-order valence-electron chi connectivity index (χ3n) is 6.02. The molecule has 1 aromatic carbocycles. The van der Waals surface area contributed by atoms with Crippen LogP contribution in [-0.4, -0.2) is 70.5 Å². The Labute approximate surface area is 215 Å². The predicted octanol–water partition coefficient (Wildman–Crippen LogP) is -0.463. The number of hydrogen-bond acceptors (Lipinski definition) is 7. The van der Waals surface area contributed by atoms with Crippen LogP contribution in [0.15, 0.2) is 24.3 Å². The van der Waals surface area contributed by atoms with Crippen molar-refractivity contribution in [3.8, 4) is 5.75 Å². The van der Waals surface area contributed by atoms with Gasteiger partial charge in [-0.15, -0.1) is 0 Å². The Kier molecular flexibility index (Phi) is 11.3. The van der Waals surface area contributed by atoms with Crippen molar-refractivity contribution < 1.29 is 34.2 Å². The normalized spacial score (nSPS) is 17.4. The lowest BCUT2D eigenvalue weighted by atomic mass is 10.0. The minimum Gasteiger partial charge on any atom is -0.508 e. The summed E-state index contributed by atoms with van der Waals surface area (Å²) >= 11 is 0. The summed E-state index contributed by atoms with van der Waals surface area (Å²) in [5.74, 6) is -3.66. The molecule has 12 heteroatoms. The van der Waals surface area contributed by atoms with Gasteiger partial charge in [-0.3, -0.25) is 19.2 Å². The minimum absolute atomic E-state index is 0.00740. The van der Waals surface area contributed by atoms with Gasteiger partial charge in [0.05, 0.1) is 6.04 Å². The quantitative estimate of drug-likeness (QED) is 0.171. The van der Waals surface area contributed by atoms with Gasteiger partial charge in [0.1, 0.15) is 23.9 Å². The summed E-state index contributed by atoms with van der Waals surface area (Å²) < 4.78 is 0. The first-order valence-corrected chi connectivity index (χ1v) is 12.4. The van der Waals surface area contributed by atoms with E-state index < -0.39 is 53.8 Å². The second-order valence-corrected chi connectivity index (χ2v) is 9.68. The van der Waals surface area contributed by atoms with Crippen LogP contribution in [0.4, 0.5) is 0 Å². The topological polar surface area (TPSA) is 200 Å². The van der Waals surface area contributed by atoms with Crippen molar-refractivity contribution in [2.45, 2.75) is 76.5 Å². The third kappa shape index (κ3) is 10.1. The standard InChI is InChI=1S/C25H37N5O7/c1-14(2)12-20(25(36)37)30-24(35)19(13-15-5-7-16(31)8-6-15)29-23(34)18(9-10-21(26)32)28-22(33)17-4-3-11-27-17/h5-8,14,17-20,27,31H,3-4,9-13H2,1-2H3,(H2,26,32)(H,28,33)(H,29,34)(H,30,35)(H,36,37). The third-order valence-corrected chi connectivity index (χ3v) is 6.02. The summed E-state index contributed by atoms with van der Waals surface area (Å²) in [5.41, 5.74) is 5.84. The number of carbonyl (C=O) groups is 5. The molecule has 8 N–H and O–H groups in total. The Morgan fingerprint density at radius 3 is 2.16 bits per heavy atom. The van der Waals surface area contributed by atoms with Gasteiger partial charge in [0, 0.05) is 12.8 Å². The van der Waals surface area contributed by atoms with E-state index in [-0.39, 0.29) is 37.4 Å². The van der Waals surface area contributed by atoms with Crippen LogP contribution in [0.2, 0.25) is 0 Å². The van der Waals surface area contributed by atoms with Crippen molar-refractivity contribution in [1.29, 1.82) is 0 Å². The molecule has 0 bridgehead atoms. The number of nitrogens with one attached hydrogen (secondary N) is 4. The summed E-state index contributed by atoms with van der Waals surface area (Å²) in [7, 11) is 0. The van der Waals surface area contributed by atoms with E-state index in [0.717, 1.165) is 6.42 Å². The van der Waals surface area contributed by atoms with Gasteiger partial charge in [0.15, 0.2) is 0 Å². The van der Waals surface area contributed by atoms with Gasteiger partial charge >= 0.3 is 5.97 Å². The fourth-order valence-electron chi connectivity index (χ4n) is 4.05. The predicted molar refractivity (Wildman–Crippen MR) is 134 cm³/mol. The average molecular weight is 520 g/mol. The molecule has 0 saturated carbocycles. The highest BCUT2D eigenvalue weighted by atomic mass is 16.4. The largest absolute Gasteiger partial charge is 0.508 e. The number of amides is 4. The summed E-state index contributed by atoms with van der Waals surface area (Å²) in [4.78, 5) is 62.1. The van der Waals surface area contributed by atoms with Gasteiger partial charge < -0.3 is 37.2 Å². The van der Waals surface area contributed by atoms with E-state index in [9.17, 15) is 34.2 Å². The van der Waals surface area contributed by atoms with Gasteiger partial charge in [-0.1, -0.05) is 26.0 Å². The lowest BCUT2D eigenvalue weighted by Crippen LogP contribution is -2.57. The number of nitrogens with two attached hydrogens (primary N) is 1. The fraction of sp³-hybridized carbons (Fsp3) is 0.560. The van der Waals surface area contributed by atoms with E-state index in [0.29, 0.717) is 18.5 Å². The molecule has 0 aromatic heterocycles. The molecule has 204 valence electrons. The lowest BCUT2D eigenvalue weighted by molar-refractivity contribution is -0.142. The van der Waals surface area contributed by atoms with Crippen LogP contribution in [0.25, 0.3) is 0 Å². The van der Waals surface area contributed by atoms with Crippen molar-refractivity contribution in [3.63, 3.8) is 0 Å². The Hall–Kier alpha value is -3.67. The molecule has 1 aromatic rings. The molecule has 0 spiro atoms. The molecule has 4 atom stereocenters. The van der Waals surface area contributed by atoms with Crippen molar-refractivity contribution in [2.75, 3.05) is 6.54 Å². The molecule has 1 heterocycles. The van der Waals surface area contributed by atoms with Crippen molar-refractivity contribution in [1.82, 2.24) is 21.3 Å². The van der Waals surface area contributed by atoms with E-state index in [2.05, 4.69) is 21.3 Å². The first kappa shape index (κ1) is 29.6. The second kappa shape index (κ2) is 14.2. The van der Waals surface area contributed by atoms with Crippen LogP contribution >= 0.6 is 0 Å². The van der Waals surface area contributed by atoms with Crippen LogP contribution in [-0.2, 0) is 30.4 Å². The highest BCUT2D eigenvalue weighted by Crippen LogP contribution is 2.13. The van der Waals surface area contributed by atoms with Gasteiger partial charge in [-0.05, 0) is 55.8 Å². The molecular formula is C25H37N5O7. The average Bonchev–Trinajstić information content (AvgIpc) is 3.36. The highest BCUT2D eigenvalue weighted by molar-refractivity contribution is 5.94. The number of benzene rings is 1. The second-order valence-electron chi connectivity index (χ2n) is 9.68. The molecule has 4 amide bonds. The van der Waals surface area contributed by atoms with E-state index >= 15 is 0 Å². The molecule has 1 saturated heterocycles. The molecule has 0 aliphatic carbocycles. The first-order chi connectivity index (χ1) is 17.5. The summed E-state index contributed by atoms with van der Waals surface area (Å²) in [6, 6.07) is 2.04. The zero-order valence-electron chi connectivity index (χ0n) is 21.2. The minimum atomic E-state index is -1.20. The zero-order chi connectivity index (χ0) is 27.5. The van der Waals surface area contributed by atoms with Crippen LogP contribution in [0, 0.1) is 5.92 Å². The van der Waals surface area contributed by atoms with Crippen LogP contribution in [0.5, 0.6) is 5.75 Å². The maximum atomic E-state index is 13.2. The number of carboxylic acid groups (broad SMARTS) is 1. The van der Waals surface area contributed by atoms with E-state index in [1.165, 1.54) is 12.1 Å². The molecule has 37 heavy (non-hydrogen) atoms. The van der Waals surface area contributed by atoms with Gasteiger partial charge in [0.25, 0.3) is 0 Å². The smallest absolute Gasteiger partial charge is 0.326 e. The lowest BCUT2D eigenvalue weighted by Gasteiger charge is -2.25. The Morgan fingerprint density at radius 1 is 1.00 bits per heavy atom. The molecule has 1 fully saturated rings. The number of aromatic hydroxyl groups is 1. The molecule has 4 unspecified atom stereocenters. The summed E-state index contributed by atoms with van der Waals surface area (Å²) in [6.07, 6.45) is 1.36. The van der Waals surface area contributed by atoms with Crippen molar-refractivity contribution in [3.05, 3.63) is 29.8 Å². The maximum Gasteiger partial charge on any atom is 0.326 e. The number of rotatable bonds is 14. The molecule has 2 rings (SSSR count). The van der Waals surface area contributed by atoms with E-state index in [1.807, 2.05) is 13.8 Å². The van der Waals surface area contributed by atoms with Gasteiger partial charge in [-0.2, -0.15) is 0 Å². The van der Waals surface area contributed by atoms with Crippen LogP contribution < -0.4 is 27.0 Å².